The highest BCUT2D eigenvalue weighted by Crippen LogP contribution is 2.22. The number of aromatic nitrogens is 4. The summed E-state index contributed by atoms with van der Waals surface area (Å²) < 4.78 is 2.66. The standard InChI is InChI=1S/C12H13BrN4O/c1-3-9-12(13)10(17(2)16-9)4-11(18)8-5-14-7-15-6-8/h5-7H,3-4H2,1-2H3. The third-order valence-electron chi connectivity index (χ3n) is 2.71. The SMILES string of the molecule is CCc1nn(C)c(CC(=O)c2cncnc2)c1Br. The van der Waals surface area contributed by atoms with Crippen LogP contribution in [0.15, 0.2) is 23.2 Å². The van der Waals surface area contributed by atoms with E-state index in [2.05, 4.69) is 31.0 Å². The molecule has 0 saturated carbocycles. The van der Waals surface area contributed by atoms with Gasteiger partial charge in [0.1, 0.15) is 6.33 Å². The van der Waals surface area contributed by atoms with Crippen LogP contribution in [0, 0.1) is 0 Å². The van der Waals surface area contributed by atoms with Crippen LogP contribution < -0.4 is 0 Å². The summed E-state index contributed by atoms with van der Waals surface area (Å²) in [5.74, 6) is -0.0121. The van der Waals surface area contributed by atoms with Crippen molar-refractivity contribution in [3.05, 3.63) is 40.1 Å². The molecule has 2 aromatic rings. The van der Waals surface area contributed by atoms with E-state index in [1.807, 2.05) is 14.0 Å². The summed E-state index contributed by atoms with van der Waals surface area (Å²) in [6.07, 6.45) is 5.58. The summed E-state index contributed by atoms with van der Waals surface area (Å²) in [5, 5.41) is 4.36. The van der Waals surface area contributed by atoms with Crippen molar-refractivity contribution in [2.24, 2.45) is 7.05 Å². The highest BCUT2D eigenvalue weighted by atomic mass is 79.9. The first-order valence-electron chi connectivity index (χ1n) is 5.62. The maximum Gasteiger partial charge on any atom is 0.171 e. The van der Waals surface area contributed by atoms with Gasteiger partial charge in [0, 0.05) is 19.4 Å². The zero-order chi connectivity index (χ0) is 13.1. The number of nitrogens with zero attached hydrogens (tertiary/aromatic N) is 4. The van der Waals surface area contributed by atoms with Crippen LogP contribution in [0.5, 0.6) is 0 Å². The number of carbonyl (C=O) groups excluding carboxylic acids is 1. The molecule has 0 atom stereocenters. The van der Waals surface area contributed by atoms with Crippen LogP contribution in [0.3, 0.4) is 0 Å². The molecule has 0 fully saturated rings. The smallest absolute Gasteiger partial charge is 0.171 e. The summed E-state index contributed by atoms with van der Waals surface area (Å²) in [7, 11) is 1.84. The lowest BCUT2D eigenvalue weighted by Gasteiger charge is -2.02. The van der Waals surface area contributed by atoms with Gasteiger partial charge in [0.05, 0.1) is 27.8 Å². The van der Waals surface area contributed by atoms with Gasteiger partial charge in [-0.15, -0.1) is 0 Å². The van der Waals surface area contributed by atoms with Crippen molar-refractivity contribution in [1.82, 2.24) is 19.7 Å². The number of rotatable bonds is 4. The topological polar surface area (TPSA) is 60.7 Å². The molecule has 0 spiro atoms. The summed E-state index contributed by atoms with van der Waals surface area (Å²) in [5.41, 5.74) is 2.36. The van der Waals surface area contributed by atoms with Crippen molar-refractivity contribution in [3.63, 3.8) is 0 Å². The number of hydrogen-bond donors (Lipinski definition) is 0. The molecule has 2 heterocycles. The zero-order valence-corrected chi connectivity index (χ0v) is 11.8. The first-order valence-corrected chi connectivity index (χ1v) is 6.41. The van der Waals surface area contributed by atoms with E-state index in [-0.39, 0.29) is 12.2 Å². The van der Waals surface area contributed by atoms with Gasteiger partial charge in [0.15, 0.2) is 5.78 Å². The second-order valence-corrected chi connectivity index (χ2v) is 4.70. The fourth-order valence-electron chi connectivity index (χ4n) is 1.71. The second-order valence-electron chi connectivity index (χ2n) is 3.91. The number of aryl methyl sites for hydroxylation is 2. The largest absolute Gasteiger partial charge is 0.294 e. The molecule has 6 heteroatoms. The van der Waals surface area contributed by atoms with Crippen molar-refractivity contribution in [2.45, 2.75) is 19.8 Å². The summed E-state index contributed by atoms with van der Waals surface area (Å²) in [6, 6.07) is 0. The van der Waals surface area contributed by atoms with Crippen molar-refractivity contribution >= 4 is 21.7 Å². The molecule has 2 aromatic heterocycles. The summed E-state index contributed by atoms with van der Waals surface area (Å²) in [6.45, 7) is 2.03. The predicted octanol–water partition coefficient (Wildman–Crippen LogP) is 1.96. The van der Waals surface area contributed by atoms with Crippen molar-refractivity contribution in [1.29, 1.82) is 0 Å². The predicted molar refractivity (Wildman–Crippen MR) is 70.4 cm³/mol. The Morgan fingerprint density at radius 1 is 1.39 bits per heavy atom. The Balaban J connectivity index is 2.25. The molecule has 94 valence electrons. The minimum atomic E-state index is -0.0121. The molecule has 0 bridgehead atoms. The van der Waals surface area contributed by atoms with E-state index < -0.39 is 0 Å². The molecule has 0 aromatic carbocycles. The Morgan fingerprint density at radius 3 is 2.61 bits per heavy atom. The molecular weight excluding hydrogens is 296 g/mol. The normalized spacial score (nSPS) is 10.6. The number of hydrogen-bond acceptors (Lipinski definition) is 4. The quantitative estimate of drug-likeness (QED) is 0.810. The van der Waals surface area contributed by atoms with Gasteiger partial charge in [-0.1, -0.05) is 6.92 Å². The molecule has 18 heavy (non-hydrogen) atoms. The fraction of sp³-hybridized carbons (Fsp3) is 0.333. The zero-order valence-electron chi connectivity index (χ0n) is 10.2. The van der Waals surface area contributed by atoms with E-state index >= 15 is 0 Å². The molecule has 2 rings (SSSR count). The molecule has 0 N–H and O–H groups in total. The molecule has 0 unspecified atom stereocenters. The van der Waals surface area contributed by atoms with Crippen molar-refractivity contribution in [3.8, 4) is 0 Å². The Labute approximate surface area is 113 Å². The van der Waals surface area contributed by atoms with E-state index in [1.54, 1.807) is 4.68 Å². The van der Waals surface area contributed by atoms with Gasteiger partial charge in [-0.2, -0.15) is 5.10 Å². The number of ketones is 1. The van der Waals surface area contributed by atoms with E-state index in [1.165, 1.54) is 18.7 Å². The van der Waals surface area contributed by atoms with Gasteiger partial charge in [-0.05, 0) is 22.4 Å². The molecule has 0 saturated heterocycles. The Kier molecular flexibility index (Phi) is 3.86. The Morgan fingerprint density at radius 2 is 2.06 bits per heavy atom. The average molecular weight is 309 g/mol. The maximum atomic E-state index is 12.1. The molecule has 0 aliphatic rings. The fourth-order valence-corrected chi connectivity index (χ4v) is 2.47. The Bertz CT molecular complexity index is 565. The van der Waals surface area contributed by atoms with Crippen LogP contribution in [0.4, 0.5) is 0 Å². The van der Waals surface area contributed by atoms with Gasteiger partial charge in [0.25, 0.3) is 0 Å². The van der Waals surface area contributed by atoms with Crippen molar-refractivity contribution in [2.75, 3.05) is 0 Å². The first kappa shape index (κ1) is 12.9. The summed E-state index contributed by atoms with van der Waals surface area (Å²) >= 11 is 3.50. The lowest BCUT2D eigenvalue weighted by Crippen LogP contribution is -2.09. The first-order chi connectivity index (χ1) is 8.63. The second kappa shape index (κ2) is 5.39. The van der Waals surface area contributed by atoms with Gasteiger partial charge < -0.3 is 0 Å². The molecule has 0 amide bonds. The van der Waals surface area contributed by atoms with E-state index in [9.17, 15) is 4.79 Å². The molecule has 5 nitrogen and oxygen atoms in total. The third-order valence-corrected chi connectivity index (χ3v) is 3.63. The highest BCUT2D eigenvalue weighted by molar-refractivity contribution is 9.10. The van der Waals surface area contributed by atoms with Crippen LogP contribution in [-0.4, -0.2) is 25.5 Å². The lowest BCUT2D eigenvalue weighted by atomic mass is 10.1. The van der Waals surface area contributed by atoms with Crippen LogP contribution in [0.1, 0.15) is 28.7 Å². The number of carbonyl (C=O) groups is 1. The monoisotopic (exact) mass is 308 g/mol. The van der Waals surface area contributed by atoms with Crippen molar-refractivity contribution < 1.29 is 4.79 Å². The van der Waals surface area contributed by atoms with Crippen LogP contribution >= 0.6 is 15.9 Å². The van der Waals surface area contributed by atoms with Gasteiger partial charge in [-0.25, -0.2) is 9.97 Å². The minimum absolute atomic E-state index is 0.0121. The van der Waals surface area contributed by atoms with E-state index in [0.717, 1.165) is 22.3 Å². The Hall–Kier alpha value is -1.56. The number of halogens is 1. The molecule has 0 radical (unpaired) electrons. The number of Topliss-reactive ketones (excluding diaryl/α,β-unsaturated/α-hetero) is 1. The maximum absolute atomic E-state index is 12.1. The van der Waals surface area contributed by atoms with Gasteiger partial charge in [-0.3, -0.25) is 9.48 Å². The van der Waals surface area contributed by atoms with Gasteiger partial charge >= 0.3 is 0 Å². The summed E-state index contributed by atoms with van der Waals surface area (Å²) in [4.78, 5) is 19.8. The van der Waals surface area contributed by atoms with E-state index in [4.69, 9.17) is 0 Å². The molecular formula is C12H13BrN4O. The molecule has 0 aliphatic carbocycles. The third kappa shape index (κ3) is 2.48. The molecule has 0 aliphatic heterocycles. The minimum Gasteiger partial charge on any atom is -0.294 e. The van der Waals surface area contributed by atoms with Gasteiger partial charge in [0.2, 0.25) is 0 Å². The van der Waals surface area contributed by atoms with E-state index in [0.29, 0.717) is 5.56 Å². The van der Waals surface area contributed by atoms with Crippen LogP contribution in [0.2, 0.25) is 0 Å². The average Bonchev–Trinajstić information content (AvgIpc) is 2.67. The highest BCUT2D eigenvalue weighted by Gasteiger charge is 2.16. The van der Waals surface area contributed by atoms with Crippen LogP contribution in [-0.2, 0) is 19.9 Å². The lowest BCUT2D eigenvalue weighted by molar-refractivity contribution is 0.0990. The van der Waals surface area contributed by atoms with Crippen LogP contribution in [0.25, 0.3) is 0 Å².